The molecule has 4 atom stereocenters. The molecule has 3 aliphatic carbocycles. The number of hydrogen-bond acceptors (Lipinski definition) is 9. The lowest BCUT2D eigenvalue weighted by Crippen LogP contribution is -2.65. The quantitative estimate of drug-likeness (QED) is 0.312. The largest absolute Gasteiger partial charge is 0.508 e. The van der Waals surface area contributed by atoms with E-state index in [1.165, 1.54) is 37.2 Å². The average molecular weight is 482 g/mol. The first-order valence-corrected chi connectivity index (χ1v) is 10.5. The first kappa shape index (κ1) is 25.7. The van der Waals surface area contributed by atoms with Gasteiger partial charge >= 0.3 is 0 Å². The maximum atomic E-state index is 13.7. The van der Waals surface area contributed by atoms with Gasteiger partial charge in [0.15, 0.2) is 11.4 Å². The van der Waals surface area contributed by atoms with Crippen molar-refractivity contribution in [2.75, 3.05) is 14.1 Å². The second kappa shape index (κ2) is 8.69. The molecule has 35 heavy (non-hydrogen) atoms. The van der Waals surface area contributed by atoms with Crippen molar-refractivity contribution in [2.45, 2.75) is 31.9 Å². The number of carbonyl (C=O) groups is 3. The number of benzene rings is 1. The third kappa shape index (κ3) is 3.43. The number of allylic oxidation sites excluding steroid dienone is 1. The van der Waals surface area contributed by atoms with Crippen LogP contribution in [0.2, 0.25) is 0 Å². The molecule has 0 unspecified atom stereocenters. The van der Waals surface area contributed by atoms with Crippen LogP contribution in [0.5, 0.6) is 5.75 Å². The number of nitrogens with zero attached hydrogens (tertiary/aromatic N) is 2. The number of amides is 1. The van der Waals surface area contributed by atoms with Gasteiger partial charge in [-0.05, 0) is 56.1 Å². The number of aliphatic hydroxyl groups excluding tert-OH is 2. The van der Waals surface area contributed by atoms with E-state index >= 15 is 0 Å². The molecular formula is C25H27N3O7. The van der Waals surface area contributed by atoms with Crippen molar-refractivity contribution in [2.24, 2.45) is 17.6 Å². The van der Waals surface area contributed by atoms with Crippen molar-refractivity contribution in [3.8, 4) is 11.8 Å². The Morgan fingerprint density at radius 1 is 1.26 bits per heavy atom. The van der Waals surface area contributed by atoms with E-state index in [2.05, 4.69) is 0 Å². The molecule has 184 valence electrons. The summed E-state index contributed by atoms with van der Waals surface area (Å²) in [6.45, 7) is 0. The molecule has 0 bridgehead atoms. The molecule has 1 amide bonds. The van der Waals surface area contributed by atoms with Gasteiger partial charge in [0.1, 0.15) is 22.8 Å². The van der Waals surface area contributed by atoms with Crippen LogP contribution in [0.3, 0.4) is 0 Å². The van der Waals surface area contributed by atoms with E-state index < -0.39 is 58.0 Å². The van der Waals surface area contributed by atoms with E-state index in [0.717, 1.165) is 0 Å². The van der Waals surface area contributed by atoms with Crippen LogP contribution in [0, 0.1) is 23.2 Å². The summed E-state index contributed by atoms with van der Waals surface area (Å²) in [4.78, 5) is 40.1. The highest BCUT2D eigenvalue weighted by Crippen LogP contribution is 2.52. The van der Waals surface area contributed by atoms with Crippen LogP contribution in [0.15, 0.2) is 35.1 Å². The summed E-state index contributed by atoms with van der Waals surface area (Å²) in [6.07, 6.45) is 2.92. The number of rotatable bonds is 3. The molecule has 1 aromatic carbocycles. The number of Topliss-reactive ketones (excluding diaryl/α,β-unsaturated/α-hetero) is 2. The SMILES string of the molecule is C.CN(C)[C@@H]1C(=O)C(C(N)=O)=C(O)[C@@]2(O)C(=O)C3=C(O)c4c(O)ccc(C=CC#N)c4C[C@H]3C[C@@H]12. The van der Waals surface area contributed by atoms with Crippen molar-refractivity contribution in [1.82, 2.24) is 4.90 Å². The first-order valence-electron chi connectivity index (χ1n) is 10.5. The van der Waals surface area contributed by atoms with Crippen LogP contribution in [0.1, 0.15) is 30.5 Å². The van der Waals surface area contributed by atoms with Crippen LogP contribution in [0.4, 0.5) is 0 Å². The topological polar surface area (TPSA) is 185 Å². The fourth-order valence-corrected chi connectivity index (χ4v) is 5.55. The second-order valence-corrected chi connectivity index (χ2v) is 8.95. The molecule has 0 radical (unpaired) electrons. The predicted molar refractivity (Wildman–Crippen MR) is 126 cm³/mol. The molecule has 10 heteroatoms. The zero-order chi connectivity index (χ0) is 25.1. The first-order chi connectivity index (χ1) is 16.0. The zero-order valence-corrected chi connectivity index (χ0v) is 18.4. The summed E-state index contributed by atoms with van der Waals surface area (Å²) in [5.74, 6) is -6.96. The molecule has 6 N–H and O–H groups in total. The third-order valence-electron chi connectivity index (χ3n) is 6.98. The van der Waals surface area contributed by atoms with Gasteiger partial charge in [-0.15, -0.1) is 0 Å². The Morgan fingerprint density at radius 3 is 2.49 bits per heavy atom. The van der Waals surface area contributed by atoms with Gasteiger partial charge in [-0.3, -0.25) is 19.3 Å². The summed E-state index contributed by atoms with van der Waals surface area (Å²) in [6, 6.07) is 3.62. The fourth-order valence-electron chi connectivity index (χ4n) is 5.55. The van der Waals surface area contributed by atoms with E-state index in [0.29, 0.717) is 11.1 Å². The highest BCUT2D eigenvalue weighted by atomic mass is 16.3. The van der Waals surface area contributed by atoms with E-state index in [9.17, 15) is 34.8 Å². The Labute approximate surface area is 201 Å². The summed E-state index contributed by atoms with van der Waals surface area (Å²) in [5.41, 5.74) is 2.58. The van der Waals surface area contributed by atoms with Crippen molar-refractivity contribution >= 4 is 29.3 Å². The normalized spacial score (nSPS) is 27.8. The standard InChI is InChI=1S/C24H23N3O7.CH4/c1-27(2)18-13-9-11-8-12-10(4-3-7-25)5-6-14(28)16(12)19(29)15(11)21(31)24(13,34)22(32)17(20(18)30)23(26)33;/h3-6,11,13,18,28-29,32,34H,8-9H2,1-2H3,(H2,26,33);1H4/t11-,13-,18-,24-;/m0./s1. The number of likely N-dealkylation sites (N-methyl/N-ethyl adjacent to an activating group) is 1. The Kier molecular flexibility index (Phi) is 6.37. The molecule has 0 saturated heterocycles. The van der Waals surface area contributed by atoms with Crippen LogP contribution < -0.4 is 5.73 Å². The monoisotopic (exact) mass is 481 g/mol. The highest BCUT2D eigenvalue weighted by molar-refractivity contribution is 6.24. The smallest absolute Gasteiger partial charge is 0.255 e. The minimum Gasteiger partial charge on any atom is -0.508 e. The molecule has 0 aliphatic heterocycles. The van der Waals surface area contributed by atoms with Crippen molar-refractivity contribution < 1.29 is 34.8 Å². The minimum atomic E-state index is -2.67. The summed E-state index contributed by atoms with van der Waals surface area (Å²) >= 11 is 0. The maximum Gasteiger partial charge on any atom is 0.255 e. The lowest BCUT2D eigenvalue weighted by Gasteiger charge is -2.50. The van der Waals surface area contributed by atoms with E-state index in [1.807, 2.05) is 6.07 Å². The number of aliphatic hydroxyl groups is 3. The number of nitriles is 1. The van der Waals surface area contributed by atoms with Crippen molar-refractivity contribution in [3.63, 3.8) is 0 Å². The molecule has 0 heterocycles. The minimum absolute atomic E-state index is 0. The molecule has 0 aromatic heterocycles. The molecule has 4 rings (SSSR count). The molecule has 1 fully saturated rings. The third-order valence-corrected chi connectivity index (χ3v) is 6.98. The zero-order valence-electron chi connectivity index (χ0n) is 18.4. The summed E-state index contributed by atoms with van der Waals surface area (Å²) < 4.78 is 0. The lowest BCUT2D eigenvalue weighted by molar-refractivity contribution is -0.153. The number of aromatic hydroxyl groups is 1. The number of phenols is 1. The molecule has 0 spiro atoms. The van der Waals surface area contributed by atoms with Gasteiger partial charge in [-0.25, -0.2) is 0 Å². The molecule has 10 nitrogen and oxygen atoms in total. The summed E-state index contributed by atoms with van der Waals surface area (Å²) in [5, 5.41) is 52.7. The maximum absolute atomic E-state index is 13.7. The lowest BCUT2D eigenvalue weighted by atomic mass is 9.57. The number of primary amides is 1. The van der Waals surface area contributed by atoms with Crippen LogP contribution >= 0.6 is 0 Å². The van der Waals surface area contributed by atoms with Crippen LogP contribution in [-0.2, 0) is 20.8 Å². The Hall–Kier alpha value is -3.94. The number of phenolic OH excluding ortho intramolecular Hbond substituents is 1. The molecular weight excluding hydrogens is 454 g/mol. The number of hydrogen-bond donors (Lipinski definition) is 5. The number of fused-ring (bicyclic) bond motifs is 3. The van der Waals surface area contributed by atoms with E-state index in [1.54, 1.807) is 6.07 Å². The van der Waals surface area contributed by atoms with Gasteiger partial charge < -0.3 is 26.2 Å². The Morgan fingerprint density at radius 2 is 1.91 bits per heavy atom. The van der Waals surface area contributed by atoms with Gasteiger partial charge in [0, 0.05) is 17.6 Å². The van der Waals surface area contributed by atoms with Crippen molar-refractivity contribution in [3.05, 3.63) is 51.8 Å². The fraction of sp³-hybridized carbons (Fsp3) is 0.360. The summed E-state index contributed by atoms with van der Waals surface area (Å²) in [7, 11) is 3.08. The van der Waals surface area contributed by atoms with Gasteiger partial charge in [0.05, 0.1) is 17.7 Å². The Balaban J connectivity index is 0.00000342. The van der Waals surface area contributed by atoms with Crippen molar-refractivity contribution in [1.29, 1.82) is 5.26 Å². The Bertz CT molecular complexity index is 1280. The molecule has 3 aliphatic rings. The average Bonchev–Trinajstić information content (AvgIpc) is 2.75. The van der Waals surface area contributed by atoms with Gasteiger partial charge in [-0.1, -0.05) is 13.5 Å². The van der Waals surface area contributed by atoms with Gasteiger partial charge in [0.2, 0.25) is 5.78 Å². The number of carbonyl (C=O) groups excluding carboxylic acids is 3. The van der Waals surface area contributed by atoms with E-state index in [4.69, 9.17) is 11.0 Å². The van der Waals surface area contributed by atoms with Gasteiger partial charge in [0.25, 0.3) is 5.91 Å². The predicted octanol–water partition coefficient (Wildman–Crippen LogP) is 1.14. The number of nitrogens with two attached hydrogens (primary N) is 1. The molecule has 1 aromatic rings. The van der Waals surface area contributed by atoms with Crippen LogP contribution in [0.25, 0.3) is 11.8 Å². The van der Waals surface area contributed by atoms with Crippen LogP contribution in [-0.4, -0.2) is 68.5 Å². The second-order valence-electron chi connectivity index (χ2n) is 8.95. The van der Waals surface area contributed by atoms with E-state index in [-0.39, 0.29) is 37.2 Å². The van der Waals surface area contributed by atoms with Gasteiger partial charge in [-0.2, -0.15) is 5.26 Å². The molecule has 1 saturated carbocycles. The number of ketones is 2. The highest BCUT2D eigenvalue weighted by Gasteiger charge is 2.64.